The molecular weight excluding hydrogens is 280 g/mol. The molecule has 1 aliphatic heterocycles. The Morgan fingerprint density at radius 3 is 2.64 bits per heavy atom. The van der Waals surface area contributed by atoms with Crippen molar-refractivity contribution in [3.63, 3.8) is 0 Å². The fourth-order valence-electron chi connectivity index (χ4n) is 2.69. The molecule has 3 atom stereocenters. The highest BCUT2D eigenvalue weighted by atomic mass is 16.5. The van der Waals surface area contributed by atoms with E-state index in [1.165, 1.54) is 5.56 Å². The first-order valence-electron chi connectivity index (χ1n) is 7.98. The number of aryl methyl sites for hydroxylation is 1. The summed E-state index contributed by atoms with van der Waals surface area (Å²) in [6.07, 6.45) is 1.95. The van der Waals surface area contributed by atoms with E-state index in [0.717, 1.165) is 25.0 Å². The Bertz CT molecular complexity index is 469. The number of ether oxygens (including phenoxy) is 1. The van der Waals surface area contributed by atoms with Gasteiger partial charge < -0.3 is 20.5 Å². The SMILES string of the molecule is CCc1ccc(C(CO)NC(=O)NC(C)C2CCOC2)cc1. The van der Waals surface area contributed by atoms with E-state index in [1.807, 2.05) is 31.2 Å². The third kappa shape index (κ3) is 4.45. The van der Waals surface area contributed by atoms with Crippen molar-refractivity contribution in [3.8, 4) is 0 Å². The molecule has 2 rings (SSSR count). The summed E-state index contributed by atoms with van der Waals surface area (Å²) in [7, 11) is 0. The number of hydrogen-bond acceptors (Lipinski definition) is 3. The molecule has 5 heteroatoms. The smallest absolute Gasteiger partial charge is 0.315 e. The molecule has 0 bridgehead atoms. The third-order valence-corrected chi connectivity index (χ3v) is 4.31. The van der Waals surface area contributed by atoms with E-state index in [0.29, 0.717) is 12.5 Å². The Balaban J connectivity index is 1.89. The van der Waals surface area contributed by atoms with Gasteiger partial charge in [-0.25, -0.2) is 4.79 Å². The van der Waals surface area contributed by atoms with Crippen LogP contribution in [0.4, 0.5) is 4.79 Å². The van der Waals surface area contributed by atoms with Gasteiger partial charge in [0.25, 0.3) is 0 Å². The Morgan fingerprint density at radius 2 is 2.09 bits per heavy atom. The lowest BCUT2D eigenvalue weighted by Crippen LogP contribution is -2.46. The van der Waals surface area contributed by atoms with E-state index in [2.05, 4.69) is 17.6 Å². The molecule has 1 saturated heterocycles. The molecule has 122 valence electrons. The number of benzene rings is 1. The normalized spacial score (nSPS) is 20.4. The van der Waals surface area contributed by atoms with Gasteiger partial charge in [0.05, 0.1) is 19.3 Å². The van der Waals surface area contributed by atoms with Gasteiger partial charge in [0, 0.05) is 18.6 Å². The molecule has 1 aromatic rings. The van der Waals surface area contributed by atoms with Gasteiger partial charge in [-0.1, -0.05) is 31.2 Å². The zero-order valence-electron chi connectivity index (χ0n) is 13.3. The molecule has 1 heterocycles. The van der Waals surface area contributed by atoms with Crippen molar-refractivity contribution in [2.45, 2.75) is 38.8 Å². The van der Waals surface area contributed by atoms with Crippen molar-refractivity contribution >= 4 is 6.03 Å². The summed E-state index contributed by atoms with van der Waals surface area (Å²) in [5.74, 6) is 0.363. The Hall–Kier alpha value is -1.59. The predicted molar refractivity (Wildman–Crippen MR) is 85.7 cm³/mol. The molecule has 0 aliphatic carbocycles. The number of nitrogens with one attached hydrogen (secondary N) is 2. The van der Waals surface area contributed by atoms with Gasteiger partial charge in [0.2, 0.25) is 0 Å². The molecule has 3 unspecified atom stereocenters. The van der Waals surface area contributed by atoms with Crippen molar-refractivity contribution in [1.82, 2.24) is 10.6 Å². The van der Waals surface area contributed by atoms with Crippen molar-refractivity contribution in [3.05, 3.63) is 35.4 Å². The summed E-state index contributed by atoms with van der Waals surface area (Å²) < 4.78 is 5.34. The summed E-state index contributed by atoms with van der Waals surface area (Å²) >= 11 is 0. The van der Waals surface area contributed by atoms with Gasteiger partial charge in [-0.15, -0.1) is 0 Å². The Kier molecular flexibility index (Phi) is 6.21. The minimum absolute atomic E-state index is 0.0595. The minimum Gasteiger partial charge on any atom is -0.394 e. The Morgan fingerprint density at radius 1 is 1.36 bits per heavy atom. The predicted octanol–water partition coefficient (Wildman–Crippen LogP) is 2.01. The highest BCUT2D eigenvalue weighted by molar-refractivity contribution is 5.74. The van der Waals surface area contributed by atoms with Gasteiger partial charge in [-0.3, -0.25) is 0 Å². The molecule has 0 spiro atoms. The fourth-order valence-corrected chi connectivity index (χ4v) is 2.69. The number of aliphatic hydroxyl groups excluding tert-OH is 1. The van der Waals surface area contributed by atoms with Crippen LogP contribution in [0.25, 0.3) is 0 Å². The van der Waals surface area contributed by atoms with E-state index < -0.39 is 6.04 Å². The van der Waals surface area contributed by atoms with Crippen LogP contribution in [-0.4, -0.2) is 37.0 Å². The molecule has 0 saturated carbocycles. The van der Waals surface area contributed by atoms with Gasteiger partial charge in [-0.05, 0) is 30.9 Å². The standard InChI is InChI=1S/C17H26N2O3/c1-3-13-4-6-14(7-5-13)16(10-20)19-17(21)18-12(2)15-8-9-22-11-15/h4-7,12,15-16,20H,3,8-11H2,1-2H3,(H2,18,19,21). The van der Waals surface area contributed by atoms with Crippen molar-refractivity contribution in [2.24, 2.45) is 5.92 Å². The number of rotatable bonds is 6. The molecule has 5 nitrogen and oxygen atoms in total. The number of urea groups is 1. The first kappa shape index (κ1) is 16.8. The van der Waals surface area contributed by atoms with Crippen LogP contribution >= 0.6 is 0 Å². The highest BCUT2D eigenvalue weighted by Crippen LogP contribution is 2.17. The number of amides is 2. The lowest BCUT2D eigenvalue weighted by Gasteiger charge is -2.22. The maximum atomic E-state index is 12.1. The van der Waals surface area contributed by atoms with Crippen LogP contribution in [0.15, 0.2) is 24.3 Å². The van der Waals surface area contributed by atoms with Crippen LogP contribution < -0.4 is 10.6 Å². The zero-order chi connectivity index (χ0) is 15.9. The quantitative estimate of drug-likeness (QED) is 0.753. The molecule has 3 N–H and O–H groups in total. The molecule has 0 radical (unpaired) electrons. The summed E-state index contributed by atoms with van der Waals surface area (Å²) in [6, 6.07) is 7.37. The van der Waals surface area contributed by atoms with E-state index in [1.54, 1.807) is 0 Å². The first-order valence-corrected chi connectivity index (χ1v) is 7.98. The Labute approximate surface area is 132 Å². The molecule has 0 aromatic heterocycles. The van der Waals surface area contributed by atoms with Gasteiger partial charge in [-0.2, -0.15) is 0 Å². The highest BCUT2D eigenvalue weighted by Gasteiger charge is 2.24. The average molecular weight is 306 g/mol. The van der Waals surface area contributed by atoms with Crippen molar-refractivity contribution < 1.29 is 14.6 Å². The first-order chi connectivity index (χ1) is 10.6. The monoisotopic (exact) mass is 306 g/mol. The zero-order valence-corrected chi connectivity index (χ0v) is 13.3. The summed E-state index contributed by atoms with van der Waals surface area (Å²) in [5, 5.41) is 15.3. The molecule has 22 heavy (non-hydrogen) atoms. The second-order valence-corrected chi connectivity index (χ2v) is 5.86. The number of carbonyl (C=O) groups excluding carboxylic acids is 1. The summed E-state index contributed by atoms with van der Waals surface area (Å²) in [6.45, 7) is 5.42. The maximum absolute atomic E-state index is 12.1. The second kappa shape index (κ2) is 8.15. The largest absolute Gasteiger partial charge is 0.394 e. The molecule has 1 aliphatic rings. The molecule has 1 fully saturated rings. The number of hydrogen-bond donors (Lipinski definition) is 3. The molecular formula is C17H26N2O3. The average Bonchev–Trinajstić information content (AvgIpc) is 3.07. The van der Waals surface area contributed by atoms with Gasteiger partial charge >= 0.3 is 6.03 Å². The maximum Gasteiger partial charge on any atom is 0.315 e. The molecule has 2 amide bonds. The van der Waals surface area contributed by atoms with E-state index >= 15 is 0 Å². The van der Waals surface area contributed by atoms with E-state index in [-0.39, 0.29) is 18.7 Å². The van der Waals surface area contributed by atoms with Crippen molar-refractivity contribution in [2.75, 3.05) is 19.8 Å². The molecule has 1 aromatic carbocycles. The lowest BCUT2D eigenvalue weighted by atomic mass is 10.0. The van der Waals surface area contributed by atoms with Crippen LogP contribution in [0.1, 0.15) is 37.4 Å². The number of aliphatic hydroxyl groups is 1. The van der Waals surface area contributed by atoms with Gasteiger partial charge in [0.15, 0.2) is 0 Å². The van der Waals surface area contributed by atoms with Crippen LogP contribution in [-0.2, 0) is 11.2 Å². The third-order valence-electron chi connectivity index (χ3n) is 4.31. The van der Waals surface area contributed by atoms with E-state index in [9.17, 15) is 9.90 Å². The summed E-state index contributed by atoms with van der Waals surface area (Å²) in [5.41, 5.74) is 2.14. The van der Waals surface area contributed by atoms with Crippen LogP contribution in [0.3, 0.4) is 0 Å². The van der Waals surface area contributed by atoms with Gasteiger partial charge in [0.1, 0.15) is 0 Å². The van der Waals surface area contributed by atoms with Crippen LogP contribution in [0.5, 0.6) is 0 Å². The fraction of sp³-hybridized carbons (Fsp3) is 0.588. The minimum atomic E-state index is -0.391. The second-order valence-electron chi connectivity index (χ2n) is 5.86. The van der Waals surface area contributed by atoms with Crippen LogP contribution in [0.2, 0.25) is 0 Å². The van der Waals surface area contributed by atoms with Crippen LogP contribution in [0, 0.1) is 5.92 Å². The number of carbonyl (C=O) groups is 1. The summed E-state index contributed by atoms with van der Waals surface area (Å²) in [4.78, 5) is 12.1. The van der Waals surface area contributed by atoms with Crippen molar-refractivity contribution in [1.29, 1.82) is 0 Å². The van der Waals surface area contributed by atoms with E-state index in [4.69, 9.17) is 4.74 Å². The topological polar surface area (TPSA) is 70.6 Å². The lowest BCUT2D eigenvalue weighted by molar-refractivity contribution is 0.176.